The molecule has 1 saturated heterocycles. The summed E-state index contributed by atoms with van der Waals surface area (Å²) in [5, 5.41) is 4.07. The van der Waals surface area contributed by atoms with E-state index < -0.39 is 0 Å². The number of amides is 2. The van der Waals surface area contributed by atoms with Crippen molar-refractivity contribution in [1.82, 2.24) is 0 Å². The Kier molecular flexibility index (Phi) is 6.34. The summed E-state index contributed by atoms with van der Waals surface area (Å²) in [6.07, 6.45) is 0. The molecule has 3 aromatic rings. The smallest absolute Gasteiger partial charge is 0.265 e. The van der Waals surface area contributed by atoms with Crippen molar-refractivity contribution in [2.24, 2.45) is 0 Å². The van der Waals surface area contributed by atoms with E-state index in [1.165, 1.54) is 18.3 Å². The lowest BCUT2D eigenvalue weighted by Gasteiger charge is -2.28. The van der Waals surface area contributed by atoms with E-state index in [9.17, 15) is 9.59 Å². The Balaban J connectivity index is 1.58. The van der Waals surface area contributed by atoms with Crippen LogP contribution >= 0.6 is 11.3 Å². The van der Waals surface area contributed by atoms with Gasteiger partial charge in [-0.05, 0) is 35.9 Å². The van der Waals surface area contributed by atoms with Gasteiger partial charge in [0.05, 0.1) is 23.1 Å². The first-order valence-electron chi connectivity index (χ1n) is 10.2. The van der Waals surface area contributed by atoms with Crippen LogP contribution in [0.5, 0.6) is 0 Å². The number of anilines is 3. The summed E-state index contributed by atoms with van der Waals surface area (Å²) in [5.74, 6) is -0.186. The molecule has 1 aliphatic rings. The fourth-order valence-corrected chi connectivity index (χ4v) is 4.59. The molecular formula is C24H25N3O3S. The summed E-state index contributed by atoms with van der Waals surface area (Å²) in [6.45, 7) is 4.52. The molecule has 1 aromatic heterocycles. The second-order valence-corrected chi connectivity index (χ2v) is 8.40. The quantitative estimate of drug-likeness (QED) is 0.642. The lowest BCUT2D eigenvalue weighted by Crippen LogP contribution is -2.35. The Morgan fingerprint density at radius 1 is 1.03 bits per heavy atom. The first-order chi connectivity index (χ1) is 15.0. The zero-order chi connectivity index (χ0) is 21.8. The number of rotatable bonds is 5. The van der Waals surface area contributed by atoms with Gasteiger partial charge in [0.15, 0.2) is 0 Å². The van der Waals surface area contributed by atoms with Crippen molar-refractivity contribution < 1.29 is 14.3 Å². The molecule has 7 heteroatoms. The molecule has 0 aliphatic carbocycles. The van der Waals surface area contributed by atoms with Gasteiger partial charge in [-0.25, -0.2) is 0 Å². The molecule has 1 aliphatic heterocycles. The second-order valence-electron chi connectivity index (χ2n) is 7.37. The molecule has 2 aromatic carbocycles. The summed E-state index contributed by atoms with van der Waals surface area (Å²) in [6, 6.07) is 19.4. The van der Waals surface area contributed by atoms with Gasteiger partial charge in [-0.1, -0.05) is 30.3 Å². The fourth-order valence-electron chi connectivity index (χ4n) is 3.46. The third-order valence-electron chi connectivity index (χ3n) is 5.30. The molecule has 0 spiro atoms. The topological polar surface area (TPSA) is 61.9 Å². The zero-order valence-corrected chi connectivity index (χ0v) is 18.4. The number of nitrogens with one attached hydrogen (secondary N) is 1. The van der Waals surface area contributed by atoms with Crippen LogP contribution in [0.15, 0.2) is 60.7 Å². The van der Waals surface area contributed by atoms with Crippen LogP contribution in [0.4, 0.5) is 16.4 Å². The van der Waals surface area contributed by atoms with E-state index in [4.69, 9.17) is 4.74 Å². The standard InChI is InChI=1S/C24H25N3O3S/c1-17(28)26(2)20-10-8-19(9-11-20)25-23(29)22-16-21(18-6-4-3-5-7-18)24(31-22)27-12-14-30-15-13-27/h3-11,16H,12-15H2,1-2H3,(H,25,29). The van der Waals surface area contributed by atoms with Gasteiger partial charge in [0, 0.05) is 44.0 Å². The first-order valence-corrected chi connectivity index (χ1v) is 11.0. The molecule has 0 bridgehead atoms. The summed E-state index contributed by atoms with van der Waals surface area (Å²) in [4.78, 5) is 29.0. The highest BCUT2D eigenvalue weighted by molar-refractivity contribution is 7.18. The van der Waals surface area contributed by atoms with Crippen molar-refractivity contribution in [2.45, 2.75) is 6.92 Å². The van der Waals surface area contributed by atoms with Crippen LogP contribution in [0.1, 0.15) is 16.6 Å². The van der Waals surface area contributed by atoms with Crippen LogP contribution < -0.4 is 15.1 Å². The number of benzene rings is 2. The average molecular weight is 436 g/mol. The maximum atomic E-state index is 13.0. The monoisotopic (exact) mass is 435 g/mol. The van der Waals surface area contributed by atoms with Gasteiger partial charge in [-0.2, -0.15) is 0 Å². The number of hydrogen-bond acceptors (Lipinski definition) is 5. The molecule has 2 heterocycles. The van der Waals surface area contributed by atoms with Crippen LogP contribution in [0.2, 0.25) is 0 Å². The highest BCUT2D eigenvalue weighted by Crippen LogP contribution is 2.39. The largest absolute Gasteiger partial charge is 0.378 e. The van der Waals surface area contributed by atoms with Crippen molar-refractivity contribution in [1.29, 1.82) is 0 Å². The van der Waals surface area contributed by atoms with E-state index in [1.54, 1.807) is 24.1 Å². The molecule has 2 amide bonds. The number of ether oxygens (including phenoxy) is 1. The number of carbonyl (C=O) groups excluding carboxylic acids is 2. The molecule has 0 radical (unpaired) electrons. The zero-order valence-electron chi connectivity index (χ0n) is 17.6. The Bertz CT molecular complexity index is 1060. The maximum absolute atomic E-state index is 13.0. The van der Waals surface area contributed by atoms with Crippen LogP contribution in [0, 0.1) is 0 Å². The molecule has 160 valence electrons. The van der Waals surface area contributed by atoms with E-state index in [2.05, 4.69) is 22.3 Å². The predicted octanol–water partition coefficient (Wildman–Crippen LogP) is 4.49. The van der Waals surface area contributed by atoms with Gasteiger partial charge in [-0.15, -0.1) is 11.3 Å². The normalized spacial score (nSPS) is 13.7. The van der Waals surface area contributed by atoms with E-state index >= 15 is 0 Å². The molecule has 31 heavy (non-hydrogen) atoms. The van der Waals surface area contributed by atoms with Crippen molar-refractivity contribution in [3.8, 4) is 11.1 Å². The fraction of sp³-hybridized carbons (Fsp3) is 0.250. The summed E-state index contributed by atoms with van der Waals surface area (Å²) < 4.78 is 5.50. The average Bonchev–Trinajstić information content (AvgIpc) is 3.26. The van der Waals surface area contributed by atoms with Gasteiger partial charge in [0.1, 0.15) is 0 Å². The molecule has 1 N–H and O–H groups in total. The number of nitrogens with zero attached hydrogens (tertiary/aromatic N) is 2. The molecule has 1 fully saturated rings. The van der Waals surface area contributed by atoms with E-state index in [-0.39, 0.29) is 11.8 Å². The number of thiophene rings is 1. The number of hydrogen-bond donors (Lipinski definition) is 1. The predicted molar refractivity (Wildman–Crippen MR) is 126 cm³/mol. The van der Waals surface area contributed by atoms with Crippen LogP contribution in [-0.4, -0.2) is 45.2 Å². The Morgan fingerprint density at radius 3 is 2.35 bits per heavy atom. The summed E-state index contributed by atoms with van der Waals surface area (Å²) in [7, 11) is 1.72. The van der Waals surface area contributed by atoms with Crippen molar-refractivity contribution in [3.63, 3.8) is 0 Å². The van der Waals surface area contributed by atoms with Gasteiger partial charge in [-0.3, -0.25) is 9.59 Å². The Hall–Kier alpha value is -3.16. The lowest BCUT2D eigenvalue weighted by atomic mass is 10.1. The van der Waals surface area contributed by atoms with Crippen LogP contribution in [0.3, 0.4) is 0 Å². The second kappa shape index (κ2) is 9.32. The summed E-state index contributed by atoms with van der Waals surface area (Å²) in [5.41, 5.74) is 3.63. The van der Waals surface area contributed by atoms with Crippen molar-refractivity contribution >= 4 is 39.5 Å². The van der Waals surface area contributed by atoms with Crippen LogP contribution in [0.25, 0.3) is 11.1 Å². The Morgan fingerprint density at radius 2 is 1.71 bits per heavy atom. The molecule has 0 saturated carbocycles. The van der Waals surface area contributed by atoms with Crippen molar-refractivity contribution in [3.05, 3.63) is 65.5 Å². The van der Waals surface area contributed by atoms with Crippen molar-refractivity contribution in [2.75, 3.05) is 48.5 Å². The molecule has 4 rings (SSSR count). The third-order valence-corrected chi connectivity index (χ3v) is 6.50. The van der Waals surface area contributed by atoms with E-state index in [0.717, 1.165) is 34.9 Å². The van der Waals surface area contributed by atoms with Crippen LogP contribution in [-0.2, 0) is 9.53 Å². The Labute approximate surface area is 186 Å². The molecular weight excluding hydrogens is 410 g/mol. The molecule has 0 atom stereocenters. The van der Waals surface area contributed by atoms with Gasteiger partial charge in [0.25, 0.3) is 5.91 Å². The third kappa shape index (κ3) is 4.78. The molecule has 0 unspecified atom stereocenters. The van der Waals surface area contributed by atoms with E-state index in [0.29, 0.717) is 23.8 Å². The number of carbonyl (C=O) groups is 2. The highest BCUT2D eigenvalue weighted by atomic mass is 32.1. The first kappa shape index (κ1) is 21.1. The minimum Gasteiger partial charge on any atom is -0.378 e. The minimum absolute atomic E-state index is 0.0422. The lowest BCUT2D eigenvalue weighted by molar-refractivity contribution is -0.116. The number of morpholine rings is 1. The van der Waals surface area contributed by atoms with Gasteiger partial charge >= 0.3 is 0 Å². The van der Waals surface area contributed by atoms with Gasteiger partial charge in [0.2, 0.25) is 5.91 Å². The van der Waals surface area contributed by atoms with Gasteiger partial charge < -0.3 is 19.9 Å². The maximum Gasteiger partial charge on any atom is 0.265 e. The minimum atomic E-state index is -0.144. The van der Waals surface area contributed by atoms with E-state index in [1.807, 2.05) is 36.4 Å². The highest BCUT2D eigenvalue weighted by Gasteiger charge is 2.22. The molecule has 6 nitrogen and oxygen atoms in total. The summed E-state index contributed by atoms with van der Waals surface area (Å²) >= 11 is 1.51. The SMILES string of the molecule is CC(=O)N(C)c1ccc(NC(=O)c2cc(-c3ccccc3)c(N3CCOCC3)s2)cc1.